The van der Waals surface area contributed by atoms with Crippen LogP contribution in [-0.2, 0) is 0 Å². The van der Waals surface area contributed by atoms with Crippen molar-refractivity contribution in [1.82, 2.24) is 0 Å². The van der Waals surface area contributed by atoms with Gasteiger partial charge in [-0.3, -0.25) is 0 Å². The first kappa shape index (κ1) is 107. The van der Waals surface area contributed by atoms with Crippen LogP contribution in [0.1, 0.15) is 2.85 Å². The quantitative estimate of drug-likeness (QED) is 0.251. The van der Waals surface area contributed by atoms with Crippen LogP contribution in [0.2, 0.25) is 0 Å². The van der Waals surface area contributed by atoms with E-state index in [9.17, 15) is 0 Å². The standard InChI is InChI=1S/Li.Mg.HNO3.NO3.6H2O.2H/c;;2*2-1(3)4;;;;;;;;/h;;(H,2,3,4);;6*1H2;;/q+1;+2;;-1;;;;;;;2*-1. The fraction of sp³-hybridized carbons (Fsp3) is 0. The molecule has 0 atom stereocenters. The average Bonchev–Trinajstić information content (AvgIpc) is 1.25. The third-order valence-corrected chi connectivity index (χ3v) is 0. The maximum absolute atomic E-state index is 8.36. The Balaban J connectivity index is -0.00000000257. The van der Waals surface area contributed by atoms with Gasteiger partial charge in [-0.05, 0) is 0 Å². The average molecular weight is 266 g/mol. The van der Waals surface area contributed by atoms with Crippen molar-refractivity contribution >= 4 is 23.1 Å². The monoisotopic (exact) mass is 266 g/mol. The second-order valence-electron chi connectivity index (χ2n) is 0.461. The summed E-state index contributed by atoms with van der Waals surface area (Å²) >= 11 is 0. The minimum Gasteiger partial charge on any atom is -1.00 e. The molecule has 0 saturated heterocycles. The van der Waals surface area contributed by atoms with Gasteiger partial charge in [0.05, 0.1) is 5.09 Å². The van der Waals surface area contributed by atoms with Crippen molar-refractivity contribution in [2.24, 2.45) is 0 Å². The van der Waals surface area contributed by atoms with Gasteiger partial charge in [-0.25, -0.2) is 0 Å². The van der Waals surface area contributed by atoms with Crippen LogP contribution < -0.4 is 18.9 Å². The van der Waals surface area contributed by atoms with E-state index in [1.54, 1.807) is 0 Å². The first-order valence-corrected chi connectivity index (χ1v) is 1.11. The normalized spacial score (nSPS) is 3.00. The van der Waals surface area contributed by atoms with E-state index in [4.69, 9.17) is 30.6 Å². The molecule has 16 heteroatoms. The summed E-state index contributed by atoms with van der Waals surface area (Å²) < 4.78 is 0. The van der Waals surface area contributed by atoms with Gasteiger partial charge in [0.25, 0.3) is 5.09 Å². The molecule has 0 amide bonds. The van der Waals surface area contributed by atoms with Gasteiger partial charge in [0.1, 0.15) is 0 Å². The van der Waals surface area contributed by atoms with Crippen LogP contribution in [0.3, 0.4) is 0 Å². The molecule has 0 aromatic carbocycles. The van der Waals surface area contributed by atoms with E-state index >= 15 is 0 Å². The molecule has 0 aliphatic carbocycles. The van der Waals surface area contributed by atoms with Crippen LogP contribution in [0, 0.1) is 25.4 Å². The van der Waals surface area contributed by atoms with E-state index in [0.717, 1.165) is 0 Å². The van der Waals surface area contributed by atoms with Gasteiger partial charge in [-0.2, -0.15) is 0 Å². The summed E-state index contributed by atoms with van der Waals surface area (Å²) in [6.07, 6.45) is 0. The Hall–Kier alpha value is -0.476. The Labute approximate surface area is 119 Å². The van der Waals surface area contributed by atoms with Crippen LogP contribution >= 0.6 is 0 Å². The first-order valence-electron chi connectivity index (χ1n) is 1.11. The van der Waals surface area contributed by atoms with Crippen LogP contribution in [-0.4, -0.2) is 71.3 Å². The Morgan fingerprint density at radius 1 is 0.812 bits per heavy atom. The van der Waals surface area contributed by atoms with E-state index in [1.165, 1.54) is 0 Å². The summed E-state index contributed by atoms with van der Waals surface area (Å²) in [5.74, 6) is 0. The Morgan fingerprint density at radius 3 is 0.812 bits per heavy atom. The molecule has 0 aliphatic heterocycles. The molecule has 0 saturated carbocycles. The SMILES string of the molecule is O.O.O.O.O.O.O=[N+]([O-])O.O=[N+]([O-])[O-].[H-].[H-].[Li+].[Mg+2]. The van der Waals surface area contributed by atoms with E-state index in [1.807, 2.05) is 0 Å². The maximum Gasteiger partial charge on any atom is 2.00 e. The van der Waals surface area contributed by atoms with Gasteiger partial charge < -0.3 is 56.2 Å². The molecule has 0 bridgehead atoms. The van der Waals surface area contributed by atoms with Gasteiger partial charge in [0.15, 0.2) is 0 Å². The maximum atomic E-state index is 8.36. The summed E-state index contributed by atoms with van der Waals surface area (Å²) in [4.78, 5) is 16.6. The molecule has 0 radical (unpaired) electrons. The first-order chi connectivity index (χ1) is 3.46. The van der Waals surface area contributed by atoms with Crippen molar-refractivity contribution < 1.29 is 70.0 Å². The molecule has 0 aliphatic rings. The van der Waals surface area contributed by atoms with Crippen LogP contribution in [0.15, 0.2) is 0 Å². The fourth-order valence-electron chi connectivity index (χ4n) is 0. The molecule has 0 aromatic rings. The zero-order valence-electron chi connectivity index (χ0n) is 10.1. The topological polar surface area (TPSA) is 319 Å². The van der Waals surface area contributed by atoms with Gasteiger partial charge in [0, 0.05) is 0 Å². The van der Waals surface area contributed by atoms with Gasteiger partial charge in [0.2, 0.25) is 0 Å². The number of hydrogen-bond acceptors (Lipinski definition) is 5. The van der Waals surface area contributed by atoms with Crippen LogP contribution in [0.5, 0.6) is 0 Å². The summed E-state index contributed by atoms with van der Waals surface area (Å²) in [6, 6.07) is 0. The molecule has 0 aromatic heterocycles. The largest absolute Gasteiger partial charge is 2.00 e. The molecule has 0 fully saturated rings. The number of rotatable bonds is 0. The molecule has 100 valence electrons. The second-order valence-corrected chi connectivity index (χ2v) is 0.461. The van der Waals surface area contributed by atoms with Gasteiger partial charge in [-0.15, -0.1) is 10.1 Å². The van der Waals surface area contributed by atoms with E-state index in [-0.39, 0.29) is 77.6 Å². The molecule has 0 unspecified atom stereocenters. The predicted molar refractivity (Wildman–Crippen MR) is 48.8 cm³/mol. The number of nitrogens with zero attached hydrogens (tertiary/aromatic N) is 2. The summed E-state index contributed by atoms with van der Waals surface area (Å²) in [7, 11) is 0. The third kappa shape index (κ3) is 9350. The van der Waals surface area contributed by atoms with Crippen LogP contribution in [0.4, 0.5) is 0 Å². The van der Waals surface area contributed by atoms with Crippen molar-refractivity contribution in [2.75, 3.05) is 0 Å². The zero-order valence-corrected chi connectivity index (χ0v) is 9.50. The molecule has 0 heterocycles. The molecule has 16 heavy (non-hydrogen) atoms. The van der Waals surface area contributed by atoms with Crippen LogP contribution in [0.25, 0.3) is 0 Å². The molecule has 0 spiro atoms. The minimum atomic E-state index is -1.75. The van der Waals surface area contributed by atoms with E-state index in [0.29, 0.717) is 0 Å². The van der Waals surface area contributed by atoms with Crippen molar-refractivity contribution in [3.05, 3.63) is 25.4 Å². The Kier molecular flexibility index (Phi) is 584. The van der Waals surface area contributed by atoms with Gasteiger partial charge >= 0.3 is 41.9 Å². The van der Waals surface area contributed by atoms with E-state index in [2.05, 4.69) is 0 Å². The minimum absolute atomic E-state index is 0. The molecular weight excluding hydrogens is 251 g/mol. The Bertz CT molecular complexity index is 86.1. The number of hydrogen-bond donors (Lipinski definition) is 1. The van der Waals surface area contributed by atoms with Crippen molar-refractivity contribution in [3.8, 4) is 0 Å². The van der Waals surface area contributed by atoms with Crippen molar-refractivity contribution in [3.63, 3.8) is 0 Å². The van der Waals surface area contributed by atoms with Gasteiger partial charge in [-0.1, -0.05) is 0 Å². The molecule has 14 nitrogen and oxygen atoms in total. The summed E-state index contributed by atoms with van der Waals surface area (Å²) in [6.45, 7) is 0. The molecule has 0 rings (SSSR count). The Morgan fingerprint density at radius 2 is 0.812 bits per heavy atom. The van der Waals surface area contributed by atoms with Crippen molar-refractivity contribution in [2.45, 2.75) is 0 Å². The van der Waals surface area contributed by atoms with Crippen molar-refractivity contribution in [1.29, 1.82) is 0 Å². The zero-order chi connectivity index (χ0) is 7.15. The molecular formula is H15LiMgN2O12. The third-order valence-electron chi connectivity index (χ3n) is 0. The smallest absolute Gasteiger partial charge is 1.00 e. The predicted octanol–water partition coefficient (Wildman–Crippen LogP) is -8.69. The molecule has 13 N–H and O–H groups in total. The van der Waals surface area contributed by atoms with E-state index < -0.39 is 10.2 Å². The summed E-state index contributed by atoms with van der Waals surface area (Å²) in [5, 5.41) is 28.4. The second kappa shape index (κ2) is 87.1. The summed E-state index contributed by atoms with van der Waals surface area (Å²) in [5.41, 5.74) is 0. The fourth-order valence-corrected chi connectivity index (χ4v) is 0.